The zero-order valence-electron chi connectivity index (χ0n) is 20.1. The van der Waals surface area contributed by atoms with Crippen LogP contribution in [0, 0.1) is 0 Å². The van der Waals surface area contributed by atoms with Gasteiger partial charge in [-0.2, -0.15) is 0 Å². The number of carbonyl (C=O) groups excluding carboxylic acids is 1. The van der Waals surface area contributed by atoms with Crippen molar-refractivity contribution in [2.45, 2.75) is 20.1 Å². The Labute approximate surface area is 210 Å². The highest BCUT2D eigenvalue weighted by Gasteiger charge is 2.21. The van der Waals surface area contributed by atoms with Crippen molar-refractivity contribution in [2.75, 3.05) is 6.61 Å². The maximum atomic E-state index is 12.9. The summed E-state index contributed by atoms with van der Waals surface area (Å²) in [5.74, 6) is 1.04. The number of hydrogen-bond acceptors (Lipinski definition) is 4. The molecule has 36 heavy (non-hydrogen) atoms. The summed E-state index contributed by atoms with van der Waals surface area (Å²) in [7, 11) is 0. The van der Waals surface area contributed by atoms with Gasteiger partial charge in [-0.15, -0.1) is 0 Å². The van der Waals surface area contributed by atoms with Crippen LogP contribution in [0.3, 0.4) is 0 Å². The van der Waals surface area contributed by atoms with Crippen LogP contribution in [-0.4, -0.2) is 17.6 Å². The van der Waals surface area contributed by atoms with Gasteiger partial charge in [0.1, 0.15) is 30.4 Å². The summed E-state index contributed by atoms with van der Waals surface area (Å²) in [6.07, 6.45) is 0. The van der Waals surface area contributed by atoms with Gasteiger partial charge in [0.2, 0.25) is 0 Å². The predicted molar refractivity (Wildman–Crippen MR) is 141 cm³/mol. The first kappa shape index (κ1) is 23.2. The minimum atomic E-state index is -0.397. The fraction of sp³-hybridized carbons (Fsp3) is 0.129. The van der Waals surface area contributed by atoms with E-state index >= 15 is 0 Å². The third-order valence-electron chi connectivity index (χ3n) is 5.87. The Kier molecular flexibility index (Phi) is 6.99. The van der Waals surface area contributed by atoms with Gasteiger partial charge in [-0.3, -0.25) is 0 Å². The lowest BCUT2D eigenvalue weighted by atomic mass is 10.0. The SMILES string of the molecule is CCOC(=O)c1[nH]c2ccc(OCc3ccccc3)cc2c1-c1cccc(OCc2ccccc2)c1. The van der Waals surface area contributed by atoms with Gasteiger partial charge >= 0.3 is 5.97 Å². The van der Waals surface area contributed by atoms with Crippen molar-refractivity contribution in [3.05, 3.63) is 120 Å². The summed E-state index contributed by atoms with van der Waals surface area (Å²) >= 11 is 0. The minimum absolute atomic E-state index is 0.291. The molecule has 0 atom stereocenters. The zero-order chi connectivity index (χ0) is 24.7. The molecular formula is C31H27NO4. The average molecular weight is 478 g/mol. The molecule has 0 spiro atoms. The highest BCUT2D eigenvalue weighted by atomic mass is 16.5. The number of ether oxygens (including phenoxy) is 3. The quantitative estimate of drug-likeness (QED) is 0.229. The lowest BCUT2D eigenvalue weighted by Crippen LogP contribution is -2.06. The number of hydrogen-bond donors (Lipinski definition) is 1. The van der Waals surface area contributed by atoms with E-state index in [1.165, 1.54) is 0 Å². The minimum Gasteiger partial charge on any atom is -0.489 e. The van der Waals surface area contributed by atoms with Crippen LogP contribution in [-0.2, 0) is 18.0 Å². The second-order valence-electron chi connectivity index (χ2n) is 8.38. The van der Waals surface area contributed by atoms with E-state index in [1.54, 1.807) is 6.92 Å². The molecule has 0 aliphatic carbocycles. The molecule has 0 amide bonds. The molecule has 0 aliphatic heterocycles. The molecule has 1 heterocycles. The van der Waals surface area contributed by atoms with Gasteiger partial charge in [0, 0.05) is 16.5 Å². The van der Waals surface area contributed by atoms with Crippen LogP contribution in [0.15, 0.2) is 103 Å². The normalized spacial score (nSPS) is 10.8. The lowest BCUT2D eigenvalue weighted by molar-refractivity contribution is 0.0521. The monoisotopic (exact) mass is 477 g/mol. The highest BCUT2D eigenvalue weighted by molar-refractivity contribution is 6.08. The van der Waals surface area contributed by atoms with Gasteiger partial charge in [0.05, 0.1) is 6.61 Å². The Bertz CT molecular complexity index is 1460. The lowest BCUT2D eigenvalue weighted by Gasteiger charge is -2.10. The Balaban J connectivity index is 1.49. The number of aromatic nitrogens is 1. The molecule has 0 aliphatic rings. The van der Waals surface area contributed by atoms with Crippen molar-refractivity contribution < 1.29 is 19.0 Å². The Morgan fingerprint density at radius 3 is 2.00 bits per heavy atom. The first-order chi connectivity index (χ1) is 17.7. The van der Waals surface area contributed by atoms with Gasteiger partial charge in [0.15, 0.2) is 0 Å². The molecule has 5 aromatic rings. The van der Waals surface area contributed by atoms with Crippen molar-refractivity contribution in [1.29, 1.82) is 0 Å². The second kappa shape index (κ2) is 10.8. The van der Waals surface area contributed by atoms with Crippen LogP contribution in [0.5, 0.6) is 11.5 Å². The van der Waals surface area contributed by atoms with Crippen LogP contribution >= 0.6 is 0 Å². The molecule has 0 fully saturated rings. The van der Waals surface area contributed by atoms with Gasteiger partial charge in [-0.1, -0.05) is 72.8 Å². The number of rotatable bonds is 9. The van der Waals surface area contributed by atoms with E-state index in [2.05, 4.69) is 4.98 Å². The van der Waals surface area contributed by atoms with Crippen molar-refractivity contribution in [3.63, 3.8) is 0 Å². The van der Waals surface area contributed by atoms with Gasteiger partial charge in [-0.05, 0) is 53.9 Å². The Hall–Kier alpha value is -4.51. The van der Waals surface area contributed by atoms with E-state index in [4.69, 9.17) is 14.2 Å². The third kappa shape index (κ3) is 5.26. The summed E-state index contributed by atoms with van der Waals surface area (Å²) in [6, 6.07) is 33.6. The van der Waals surface area contributed by atoms with Crippen LogP contribution in [0.25, 0.3) is 22.0 Å². The van der Waals surface area contributed by atoms with Crippen molar-refractivity contribution in [3.8, 4) is 22.6 Å². The number of benzene rings is 4. The summed E-state index contributed by atoms with van der Waals surface area (Å²) in [4.78, 5) is 16.1. The van der Waals surface area contributed by atoms with Crippen molar-refractivity contribution in [2.24, 2.45) is 0 Å². The highest BCUT2D eigenvalue weighted by Crippen LogP contribution is 2.36. The third-order valence-corrected chi connectivity index (χ3v) is 5.87. The topological polar surface area (TPSA) is 60.6 Å². The number of nitrogens with one attached hydrogen (secondary N) is 1. The largest absolute Gasteiger partial charge is 0.489 e. The van der Waals surface area contributed by atoms with Crippen LogP contribution in [0.2, 0.25) is 0 Å². The number of carbonyl (C=O) groups is 1. The molecular weight excluding hydrogens is 450 g/mol. The molecule has 5 heteroatoms. The van der Waals surface area contributed by atoms with E-state index in [9.17, 15) is 4.79 Å². The van der Waals surface area contributed by atoms with Crippen LogP contribution in [0.4, 0.5) is 0 Å². The molecule has 4 aromatic carbocycles. The van der Waals surface area contributed by atoms with Crippen molar-refractivity contribution in [1.82, 2.24) is 4.98 Å². The number of fused-ring (bicyclic) bond motifs is 1. The van der Waals surface area contributed by atoms with Crippen LogP contribution in [0.1, 0.15) is 28.5 Å². The average Bonchev–Trinajstić information content (AvgIpc) is 3.31. The Morgan fingerprint density at radius 2 is 1.36 bits per heavy atom. The molecule has 0 saturated heterocycles. The maximum absolute atomic E-state index is 12.9. The molecule has 0 unspecified atom stereocenters. The zero-order valence-corrected chi connectivity index (χ0v) is 20.1. The molecule has 5 nitrogen and oxygen atoms in total. The first-order valence-electron chi connectivity index (χ1n) is 12.0. The van der Waals surface area contributed by atoms with Crippen molar-refractivity contribution >= 4 is 16.9 Å². The number of H-pyrrole nitrogens is 1. The fourth-order valence-corrected chi connectivity index (χ4v) is 4.14. The second-order valence-corrected chi connectivity index (χ2v) is 8.38. The summed E-state index contributed by atoms with van der Waals surface area (Å²) < 4.78 is 17.5. The standard InChI is InChI=1S/C31H27NO4/c1-2-34-31(33)30-29(24-14-9-15-25(18-24)35-20-22-10-5-3-6-11-22)27-19-26(16-17-28(27)32-30)36-21-23-12-7-4-8-13-23/h3-19,32H,2,20-21H2,1H3. The van der Waals surface area contributed by atoms with E-state index in [-0.39, 0.29) is 0 Å². The van der Waals surface area contributed by atoms with E-state index in [0.29, 0.717) is 25.5 Å². The molecule has 1 N–H and O–H groups in total. The van der Waals surface area contributed by atoms with Gasteiger partial charge in [0.25, 0.3) is 0 Å². The molecule has 0 bridgehead atoms. The van der Waals surface area contributed by atoms with E-state index in [1.807, 2.05) is 103 Å². The first-order valence-corrected chi connectivity index (χ1v) is 12.0. The van der Waals surface area contributed by atoms with Gasteiger partial charge < -0.3 is 19.2 Å². The van der Waals surface area contributed by atoms with Gasteiger partial charge in [-0.25, -0.2) is 4.79 Å². The number of esters is 1. The Morgan fingerprint density at radius 1 is 0.722 bits per heavy atom. The molecule has 0 saturated carbocycles. The van der Waals surface area contributed by atoms with E-state index < -0.39 is 5.97 Å². The fourth-order valence-electron chi connectivity index (χ4n) is 4.14. The summed E-state index contributed by atoms with van der Waals surface area (Å²) in [6.45, 7) is 3.01. The maximum Gasteiger partial charge on any atom is 0.355 e. The predicted octanol–water partition coefficient (Wildman–Crippen LogP) is 7.17. The molecule has 5 rings (SSSR count). The summed E-state index contributed by atoms with van der Waals surface area (Å²) in [5.41, 5.74) is 5.03. The smallest absolute Gasteiger partial charge is 0.355 e. The molecule has 1 aromatic heterocycles. The molecule has 180 valence electrons. The van der Waals surface area contributed by atoms with E-state index in [0.717, 1.165) is 44.7 Å². The number of aromatic amines is 1. The summed E-state index contributed by atoms with van der Waals surface area (Å²) in [5, 5.41) is 0.879. The molecule has 0 radical (unpaired) electrons. The van der Waals surface area contributed by atoms with Crippen LogP contribution < -0.4 is 9.47 Å².